The van der Waals surface area contributed by atoms with Gasteiger partial charge in [-0.15, -0.1) is 11.6 Å². The molecule has 2 amide bonds. The summed E-state index contributed by atoms with van der Waals surface area (Å²) in [6.07, 6.45) is -0.0588. The Kier molecular flexibility index (Phi) is 14.6. The SMILES string of the molecule is COc1ccc(C[C@H]2NC(=O)C=CC[C@@H]([C@H](C)[C@@H](Cl)[C@H](O)c3ccccc3)OC(=O)[C@H](CC(C)C)OC(=O)[C@H](C)CNC2=O)cc1Cl. The number of alkyl halides is 1. The predicted octanol–water partition coefficient (Wildman–Crippen LogP) is 4.93. The Morgan fingerprint density at radius 2 is 1.72 bits per heavy atom. The Morgan fingerprint density at radius 1 is 1.02 bits per heavy atom. The van der Waals surface area contributed by atoms with Crippen LogP contribution in [0.25, 0.3) is 0 Å². The molecule has 1 aliphatic heterocycles. The van der Waals surface area contributed by atoms with Gasteiger partial charge in [0.2, 0.25) is 11.8 Å². The van der Waals surface area contributed by atoms with Gasteiger partial charge in [0.05, 0.1) is 29.5 Å². The molecule has 1 heterocycles. The summed E-state index contributed by atoms with van der Waals surface area (Å²) in [7, 11) is 1.49. The first-order valence-electron chi connectivity index (χ1n) is 15.7. The van der Waals surface area contributed by atoms with E-state index in [9.17, 15) is 24.3 Å². The summed E-state index contributed by atoms with van der Waals surface area (Å²) < 4.78 is 16.8. The van der Waals surface area contributed by atoms with Crippen molar-refractivity contribution in [1.29, 1.82) is 0 Å². The van der Waals surface area contributed by atoms with E-state index in [0.717, 1.165) is 0 Å². The molecule has 0 aromatic heterocycles. The molecule has 0 saturated heterocycles. The number of methoxy groups -OCH3 is 1. The maximum Gasteiger partial charge on any atom is 0.347 e. The minimum Gasteiger partial charge on any atom is -0.495 e. The van der Waals surface area contributed by atoms with E-state index in [0.29, 0.717) is 21.9 Å². The maximum atomic E-state index is 13.5. The number of hydrogen-bond acceptors (Lipinski definition) is 8. The van der Waals surface area contributed by atoms with Gasteiger partial charge in [0.15, 0.2) is 6.10 Å². The third kappa shape index (κ3) is 11.3. The first kappa shape index (κ1) is 37.9. The molecule has 12 heteroatoms. The van der Waals surface area contributed by atoms with Crippen molar-refractivity contribution in [3.63, 3.8) is 0 Å². The molecule has 3 rings (SSSR count). The van der Waals surface area contributed by atoms with Crippen LogP contribution in [-0.2, 0) is 35.1 Å². The van der Waals surface area contributed by atoms with Crippen LogP contribution in [0.15, 0.2) is 60.7 Å². The number of esters is 2. The number of hydrogen-bond donors (Lipinski definition) is 3. The number of ether oxygens (including phenoxy) is 3. The van der Waals surface area contributed by atoms with Gasteiger partial charge in [0.25, 0.3) is 0 Å². The van der Waals surface area contributed by atoms with Crippen LogP contribution < -0.4 is 15.4 Å². The monoisotopic (exact) mass is 690 g/mol. The summed E-state index contributed by atoms with van der Waals surface area (Å²) in [4.78, 5) is 53.0. The van der Waals surface area contributed by atoms with Crippen LogP contribution in [0, 0.1) is 17.8 Å². The normalized spacial score (nSPS) is 23.6. The number of carbonyl (C=O) groups is 4. The molecule has 0 unspecified atom stereocenters. The lowest BCUT2D eigenvalue weighted by molar-refractivity contribution is -0.176. The maximum absolute atomic E-state index is 13.5. The van der Waals surface area contributed by atoms with Crippen LogP contribution in [0.3, 0.4) is 0 Å². The second-order valence-corrected chi connectivity index (χ2v) is 13.1. The molecule has 3 N–H and O–H groups in total. The fourth-order valence-corrected chi connectivity index (χ4v) is 5.66. The zero-order chi connectivity index (χ0) is 34.7. The van der Waals surface area contributed by atoms with Crippen LogP contribution in [-0.4, -0.2) is 66.1 Å². The van der Waals surface area contributed by atoms with E-state index in [-0.39, 0.29) is 31.7 Å². The minimum absolute atomic E-state index is 0.0201. The lowest BCUT2D eigenvalue weighted by atomic mass is 9.91. The molecule has 0 radical (unpaired) electrons. The van der Waals surface area contributed by atoms with Gasteiger partial charge in [-0.05, 0) is 41.7 Å². The van der Waals surface area contributed by atoms with Gasteiger partial charge in [0.1, 0.15) is 17.9 Å². The Bertz CT molecular complexity index is 1400. The highest BCUT2D eigenvalue weighted by Gasteiger charge is 2.36. The van der Waals surface area contributed by atoms with E-state index in [1.54, 1.807) is 56.3 Å². The highest BCUT2D eigenvalue weighted by Crippen LogP contribution is 2.31. The summed E-state index contributed by atoms with van der Waals surface area (Å²) in [6.45, 7) is 6.97. The number of aliphatic hydroxyl groups is 1. The van der Waals surface area contributed by atoms with E-state index in [1.165, 1.54) is 19.3 Å². The van der Waals surface area contributed by atoms with E-state index in [1.807, 2.05) is 19.9 Å². The molecule has 0 saturated carbocycles. The first-order valence-corrected chi connectivity index (χ1v) is 16.5. The number of halogens is 2. The van der Waals surface area contributed by atoms with Crippen molar-refractivity contribution in [2.24, 2.45) is 17.8 Å². The van der Waals surface area contributed by atoms with E-state index in [2.05, 4.69) is 10.6 Å². The second-order valence-electron chi connectivity index (χ2n) is 12.2. The molecule has 0 aliphatic carbocycles. The van der Waals surface area contributed by atoms with Crippen LogP contribution in [0.4, 0.5) is 0 Å². The molecular formula is C35H44Cl2N2O8. The number of nitrogens with one attached hydrogen (secondary N) is 2. The second kappa shape index (κ2) is 18.1. The van der Waals surface area contributed by atoms with Gasteiger partial charge in [0, 0.05) is 25.3 Å². The molecule has 256 valence electrons. The zero-order valence-electron chi connectivity index (χ0n) is 27.3. The molecule has 2 aromatic carbocycles. The highest BCUT2D eigenvalue weighted by atomic mass is 35.5. The van der Waals surface area contributed by atoms with Crippen LogP contribution in [0.1, 0.15) is 57.8 Å². The molecule has 10 nitrogen and oxygen atoms in total. The number of carbonyl (C=O) groups excluding carboxylic acids is 4. The smallest absolute Gasteiger partial charge is 0.347 e. The number of aliphatic hydroxyl groups excluding tert-OH is 1. The summed E-state index contributed by atoms with van der Waals surface area (Å²) in [5.74, 6) is -3.51. The van der Waals surface area contributed by atoms with Crippen molar-refractivity contribution in [3.05, 3.63) is 76.8 Å². The summed E-state index contributed by atoms with van der Waals surface area (Å²) in [5, 5.41) is 15.9. The van der Waals surface area contributed by atoms with Gasteiger partial charge < -0.3 is 30.0 Å². The minimum atomic E-state index is -1.21. The number of amides is 2. The summed E-state index contributed by atoms with van der Waals surface area (Å²) in [5.41, 5.74) is 1.27. The predicted molar refractivity (Wildman–Crippen MR) is 179 cm³/mol. The summed E-state index contributed by atoms with van der Waals surface area (Å²) in [6, 6.07) is 12.9. The van der Waals surface area contributed by atoms with Crippen LogP contribution >= 0.6 is 23.2 Å². The van der Waals surface area contributed by atoms with Gasteiger partial charge >= 0.3 is 11.9 Å². The van der Waals surface area contributed by atoms with Crippen molar-refractivity contribution >= 4 is 47.0 Å². The third-order valence-corrected chi connectivity index (χ3v) is 8.85. The third-order valence-electron chi connectivity index (χ3n) is 7.92. The molecule has 0 fully saturated rings. The van der Waals surface area contributed by atoms with Crippen LogP contribution in [0.5, 0.6) is 5.75 Å². The number of benzene rings is 2. The van der Waals surface area contributed by atoms with Gasteiger partial charge in [-0.2, -0.15) is 0 Å². The lowest BCUT2D eigenvalue weighted by Gasteiger charge is -2.31. The number of rotatable bonds is 9. The fraction of sp³-hybridized carbons (Fsp3) is 0.486. The molecule has 47 heavy (non-hydrogen) atoms. The molecular weight excluding hydrogens is 647 g/mol. The van der Waals surface area contributed by atoms with Crippen molar-refractivity contribution in [2.75, 3.05) is 13.7 Å². The largest absolute Gasteiger partial charge is 0.495 e. The van der Waals surface area contributed by atoms with E-state index in [4.69, 9.17) is 37.4 Å². The quantitative estimate of drug-likeness (QED) is 0.249. The molecule has 2 aromatic rings. The molecule has 0 spiro atoms. The van der Waals surface area contributed by atoms with Crippen LogP contribution in [0.2, 0.25) is 5.02 Å². The van der Waals surface area contributed by atoms with E-state index < -0.39 is 65.3 Å². The van der Waals surface area contributed by atoms with Crippen molar-refractivity contribution in [1.82, 2.24) is 10.6 Å². The van der Waals surface area contributed by atoms with Gasteiger partial charge in [-0.25, -0.2) is 4.79 Å². The Balaban J connectivity index is 1.92. The fourth-order valence-electron chi connectivity index (χ4n) is 5.07. The number of cyclic esters (lactones) is 2. The zero-order valence-corrected chi connectivity index (χ0v) is 28.8. The van der Waals surface area contributed by atoms with Crippen molar-refractivity contribution in [3.8, 4) is 5.75 Å². The summed E-state index contributed by atoms with van der Waals surface area (Å²) >= 11 is 13.0. The Morgan fingerprint density at radius 3 is 2.36 bits per heavy atom. The first-order chi connectivity index (χ1) is 22.3. The lowest BCUT2D eigenvalue weighted by Crippen LogP contribution is -2.49. The molecule has 0 bridgehead atoms. The van der Waals surface area contributed by atoms with Crippen molar-refractivity contribution < 1.29 is 38.5 Å². The van der Waals surface area contributed by atoms with Gasteiger partial charge in [-0.1, -0.05) is 81.8 Å². The average molecular weight is 692 g/mol. The Hall–Kier alpha value is -3.60. The Labute approximate surface area is 286 Å². The highest BCUT2D eigenvalue weighted by molar-refractivity contribution is 6.32. The van der Waals surface area contributed by atoms with Crippen molar-refractivity contribution in [2.45, 2.75) is 76.7 Å². The molecule has 7 atom stereocenters. The van der Waals surface area contributed by atoms with Gasteiger partial charge in [-0.3, -0.25) is 14.4 Å². The average Bonchev–Trinajstić information content (AvgIpc) is 3.04. The topological polar surface area (TPSA) is 140 Å². The molecule has 1 aliphatic rings. The van der Waals surface area contributed by atoms with E-state index >= 15 is 0 Å². The standard InChI is InChI=1S/C35H44Cl2N2O8/c1-20(2)16-29-35(44)46-27(22(4)31(37)32(41)24-10-7-6-8-11-24)12-9-13-30(40)39-26(33(42)38-19-21(3)34(43)47-29)18-23-14-15-28(45-5)25(36)17-23/h6-11,13-15,17,20-22,26-27,29,31-32,41H,12,16,18-19H2,1-5H3,(H,38,42)(H,39,40)/t21-,22+,26-,27+,29+,31-,32-/m1/s1.